The van der Waals surface area contributed by atoms with Gasteiger partial charge in [0.25, 0.3) is 0 Å². The Labute approximate surface area is 164 Å². The molecular formula is C15H25N3O11. The maximum absolute atomic E-state index is 10.2. The molecule has 0 saturated carbocycles. The smallest absolute Gasteiger partial charge is 0.186 e. The molecule has 2 aliphatic heterocycles. The maximum Gasteiger partial charge on any atom is 0.186 e. The first kappa shape index (κ1) is 22.4. The van der Waals surface area contributed by atoms with E-state index in [0.717, 1.165) is 4.68 Å². The van der Waals surface area contributed by atoms with E-state index in [1.165, 1.54) is 6.20 Å². The van der Waals surface area contributed by atoms with Crippen LogP contribution in [0, 0.1) is 0 Å². The van der Waals surface area contributed by atoms with Crippen LogP contribution < -0.4 is 0 Å². The zero-order valence-corrected chi connectivity index (χ0v) is 15.1. The summed E-state index contributed by atoms with van der Waals surface area (Å²) >= 11 is 0. The van der Waals surface area contributed by atoms with Gasteiger partial charge < -0.3 is 55.1 Å². The van der Waals surface area contributed by atoms with Gasteiger partial charge in [-0.1, -0.05) is 5.21 Å². The first-order valence-electron chi connectivity index (χ1n) is 8.91. The van der Waals surface area contributed by atoms with Crippen molar-refractivity contribution in [2.24, 2.45) is 0 Å². The van der Waals surface area contributed by atoms with Crippen LogP contribution >= 0.6 is 0 Å². The summed E-state index contributed by atoms with van der Waals surface area (Å²) in [6.07, 6.45) is -13.5. The van der Waals surface area contributed by atoms with Crippen molar-refractivity contribution in [3.8, 4) is 0 Å². The van der Waals surface area contributed by atoms with Gasteiger partial charge in [-0.2, -0.15) is 0 Å². The molecule has 0 spiro atoms. The molecule has 8 N–H and O–H groups in total. The minimum absolute atomic E-state index is 0.190. The summed E-state index contributed by atoms with van der Waals surface area (Å²) in [5.41, 5.74) is 0.190. The van der Waals surface area contributed by atoms with Gasteiger partial charge >= 0.3 is 0 Å². The molecule has 10 atom stereocenters. The highest BCUT2D eigenvalue weighted by molar-refractivity contribution is 4.95. The van der Waals surface area contributed by atoms with E-state index >= 15 is 0 Å². The number of aromatic nitrogens is 3. The first-order chi connectivity index (χ1) is 13.8. The van der Waals surface area contributed by atoms with E-state index in [2.05, 4.69) is 10.3 Å². The maximum atomic E-state index is 10.2. The van der Waals surface area contributed by atoms with Crippen LogP contribution in [0.3, 0.4) is 0 Å². The van der Waals surface area contributed by atoms with E-state index < -0.39 is 81.2 Å². The molecule has 166 valence electrons. The minimum Gasteiger partial charge on any atom is -0.394 e. The summed E-state index contributed by atoms with van der Waals surface area (Å²) in [5.74, 6) is 0. The standard InChI is InChI=1S/C15H25N3O11/c19-2-5-1-18(17-16-5)14-12(25)10(23)9(22)7(28-14)4-27-15-13(26)11(24)8(21)6(3-20)29-15/h1,6-15,19-26H,2-4H2/t6-,7-,8-,9-,10+,11+,12-,13-,14-,15+/m1/s1. The molecule has 0 aromatic carbocycles. The van der Waals surface area contributed by atoms with Crippen molar-refractivity contribution >= 4 is 0 Å². The van der Waals surface area contributed by atoms with Crippen molar-refractivity contribution in [2.75, 3.05) is 13.2 Å². The zero-order valence-electron chi connectivity index (χ0n) is 15.1. The van der Waals surface area contributed by atoms with Crippen molar-refractivity contribution < 1.29 is 55.1 Å². The molecule has 2 fully saturated rings. The summed E-state index contributed by atoms with van der Waals surface area (Å²) in [6, 6.07) is 0. The molecule has 0 radical (unpaired) electrons. The average Bonchev–Trinajstić information content (AvgIpc) is 3.20. The van der Waals surface area contributed by atoms with Crippen molar-refractivity contribution in [1.29, 1.82) is 0 Å². The molecule has 1 aromatic rings. The highest BCUT2D eigenvalue weighted by Crippen LogP contribution is 2.29. The van der Waals surface area contributed by atoms with Gasteiger partial charge in [-0.25, -0.2) is 4.68 Å². The Kier molecular flexibility index (Phi) is 7.13. The second-order valence-electron chi connectivity index (χ2n) is 6.92. The lowest BCUT2D eigenvalue weighted by Crippen LogP contribution is -2.60. The first-order valence-corrected chi connectivity index (χ1v) is 8.91. The van der Waals surface area contributed by atoms with Crippen molar-refractivity contribution in [1.82, 2.24) is 15.0 Å². The van der Waals surface area contributed by atoms with Gasteiger partial charge in [-0.15, -0.1) is 5.10 Å². The number of aliphatic hydroxyl groups excluding tert-OH is 8. The van der Waals surface area contributed by atoms with Crippen molar-refractivity contribution in [2.45, 2.75) is 68.0 Å². The SMILES string of the molecule is OCc1cn([C@@H]2O[C@H](CO[C@H]3O[C@H](CO)[C@@H](O)[C@H](O)[C@H]3O)[C@@H](O)[C@H](O)[C@H]2O)nn1. The van der Waals surface area contributed by atoms with E-state index in [1.807, 2.05) is 0 Å². The average molecular weight is 423 g/mol. The molecular weight excluding hydrogens is 398 g/mol. The summed E-state index contributed by atoms with van der Waals surface area (Å²) in [7, 11) is 0. The third kappa shape index (κ3) is 4.42. The van der Waals surface area contributed by atoms with Gasteiger partial charge in [0.2, 0.25) is 0 Å². The predicted molar refractivity (Wildman–Crippen MR) is 87.6 cm³/mol. The summed E-state index contributed by atoms with van der Waals surface area (Å²) in [5, 5.41) is 85.6. The molecule has 0 unspecified atom stereocenters. The Morgan fingerprint density at radius 2 is 1.52 bits per heavy atom. The third-order valence-corrected chi connectivity index (χ3v) is 4.94. The van der Waals surface area contributed by atoms with Gasteiger partial charge in [0.05, 0.1) is 26.0 Å². The van der Waals surface area contributed by atoms with E-state index in [1.54, 1.807) is 0 Å². The molecule has 29 heavy (non-hydrogen) atoms. The fourth-order valence-corrected chi connectivity index (χ4v) is 3.19. The molecule has 0 bridgehead atoms. The number of rotatable bonds is 6. The number of ether oxygens (including phenoxy) is 3. The Morgan fingerprint density at radius 3 is 2.14 bits per heavy atom. The minimum atomic E-state index is -1.65. The van der Waals surface area contributed by atoms with Gasteiger partial charge in [-0.3, -0.25) is 0 Å². The van der Waals surface area contributed by atoms with Crippen LogP contribution in [-0.2, 0) is 20.8 Å². The zero-order chi connectivity index (χ0) is 21.3. The van der Waals surface area contributed by atoms with Crippen LogP contribution in [-0.4, -0.2) is 124 Å². The van der Waals surface area contributed by atoms with Crippen LogP contribution in [0.4, 0.5) is 0 Å². The monoisotopic (exact) mass is 423 g/mol. The van der Waals surface area contributed by atoms with Gasteiger partial charge in [0.1, 0.15) is 54.5 Å². The van der Waals surface area contributed by atoms with E-state index in [9.17, 15) is 35.7 Å². The fourth-order valence-electron chi connectivity index (χ4n) is 3.19. The van der Waals surface area contributed by atoms with Gasteiger partial charge in [-0.05, 0) is 0 Å². The fraction of sp³-hybridized carbons (Fsp3) is 0.867. The van der Waals surface area contributed by atoms with Gasteiger partial charge in [0.15, 0.2) is 12.5 Å². The van der Waals surface area contributed by atoms with Crippen LogP contribution in [0.5, 0.6) is 0 Å². The number of hydrogen-bond donors (Lipinski definition) is 8. The second-order valence-corrected chi connectivity index (χ2v) is 6.92. The Morgan fingerprint density at radius 1 is 0.862 bits per heavy atom. The largest absolute Gasteiger partial charge is 0.394 e. The quantitative estimate of drug-likeness (QED) is 0.214. The van der Waals surface area contributed by atoms with Crippen molar-refractivity contribution in [3.05, 3.63) is 11.9 Å². The van der Waals surface area contributed by atoms with Crippen LogP contribution in [0.1, 0.15) is 11.9 Å². The summed E-state index contributed by atoms with van der Waals surface area (Å²) < 4.78 is 17.1. The molecule has 3 heterocycles. The summed E-state index contributed by atoms with van der Waals surface area (Å²) in [6.45, 7) is -1.50. The number of aliphatic hydroxyl groups is 8. The normalized spacial score (nSPS) is 43.4. The topological polar surface area (TPSA) is 220 Å². The second kappa shape index (κ2) is 9.23. The van der Waals surface area contributed by atoms with E-state index in [0.29, 0.717) is 0 Å². The molecule has 2 aliphatic rings. The Bertz CT molecular complexity index is 661. The number of nitrogens with zero attached hydrogens (tertiary/aromatic N) is 3. The van der Waals surface area contributed by atoms with E-state index in [4.69, 9.17) is 19.3 Å². The molecule has 2 saturated heterocycles. The molecule has 3 rings (SSSR count). The lowest BCUT2D eigenvalue weighted by Gasteiger charge is -2.42. The third-order valence-electron chi connectivity index (χ3n) is 4.94. The van der Waals surface area contributed by atoms with E-state index in [-0.39, 0.29) is 5.69 Å². The number of hydrogen-bond acceptors (Lipinski definition) is 13. The Hall–Kier alpha value is -1.30. The molecule has 0 aliphatic carbocycles. The van der Waals surface area contributed by atoms with Gasteiger partial charge in [0, 0.05) is 0 Å². The van der Waals surface area contributed by atoms with Crippen LogP contribution in [0.2, 0.25) is 0 Å². The summed E-state index contributed by atoms with van der Waals surface area (Å²) in [4.78, 5) is 0. The molecule has 1 aromatic heterocycles. The molecule has 0 amide bonds. The molecule has 14 heteroatoms. The van der Waals surface area contributed by atoms with Crippen LogP contribution in [0.15, 0.2) is 6.20 Å². The predicted octanol–water partition coefficient (Wildman–Crippen LogP) is -5.43. The van der Waals surface area contributed by atoms with Crippen LogP contribution in [0.25, 0.3) is 0 Å². The lowest BCUT2D eigenvalue weighted by molar-refractivity contribution is -0.318. The lowest BCUT2D eigenvalue weighted by atomic mass is 9.98. The highest BCUT2D eigenvalue weighted by atomic mass is 16.7. The van der Waals surface area contributed by atoms with Crippen molar-refractivity contribution in [3.63, 3.8) is 0 Å². The Balaban J connectivity index is 1.67. The molecule has 14 nitrogen and oxygen atoms in total. The highest BCUT2D eigenvalue weighted by Gasteiger charge is 2.47.